The number of methoxy groups -OCH3 is 1. The highest BCUT2D eigenvalue weighted by Gasteiger charge is 2.44. The van der Waals surface area contributed by atoms with Gasteiger partial charge in [0.1, 0.15) is 5.54 Å². The minimum atomic E-state index is -0.277. The number of hydrogen-bond donors (Lipinski definition) is 1. The fourth-order valence-corrected chi connectivity index (χ4v) is 3.23. The number of nitrogens with one attached hydrogen (secondary N) is 1. The molecule has 0 aromatic rings. The average molecular weight is 265 g/mol. The minimum Gasteiger partial charge on any atom is -0.383 e. The molecule has 0 heterocycles. The van der Waals surface area contributed by atoms with Gasteiger partial charge in [-0.05, 0) is 45.1 Å². The second-order valence-corrected chi connectivity index (χ2v) is 5.98. The lowest BCUT2D eigenvalue weighted by atomic mass is 9.99. The summed E-state index contributed by atoms with van der Waals surface area (Å²) in [6, 6.07) is 3.86. The Hall–Kier alpha value is -0.630. The Kier molecular flexibility index (Phi) is 5.20. The predicted octanol–water partition coefficient (Wildman–Crippen LogP) is 1.91. The van der Waals surface area contributed by atoms with Crippen molar-refractivity contribution in [3.05, 3.63) is 0 Å². The molecule has 2 saturated carbocycles. The van der Waals surface area contributed by atoms with Crippen LogP contribution in [-0.2, 0) is 4.74 Å². The largest absolute Gasteiger partial charge is 0.383 e. The molecule has 0 bridgehead atoms. The topological polar surface area (TPSA) is 48.3 Å². The van der Waals surface area contributed by atoms with Crippen LogP contribution in [0.3, 0.4) is 0 Å². The van der Waals surface area contributed by atoms with Crippen LogP contribution < -0.4 is 5.32 Å². The van der Waals surface area contributed by atoms with Gasteiger partial charge in [-0.3, -0.25) is 10.2 Å². The van der Waals surface area contributed by atoms with Gasteiger partial charge in [0.05, 0.1) is 12.7 Å². The summed E-state index contributed by atoms with van der Waals surface area (Å²) in [7, 11) is 1.77. The summed E-state index contributed by atoms with van der Waals surface area (Å²) in [6.45, 7) is 4.91. The van der Waals surface area contributed by atoms with Crippen LogP contribution in [0.1, 0.15) is 45.4 Å². The maximum atomic E-state index is 9.52. The molecule has 0 saturated heterocycles. The Morgan fingerprint density at radius 3 is 2.74 bits per heavy atom. The Labute approximate surface area is 117 Å². The van der Waals surface area contributed by atoms with E-state index < -0.39 is 0 Å². The average Bonchev–Trinajstić information content (AvgIpc) is 3.18. The molecule has 0 aromatic heterocycles. The first-order chi connectivity index (χ1) is 9.24. The molecule has 0 aliphatic heterocycles. The summed E-state index contributed by atoms with van der Waals surface area (Å²) in [6.07, 6.45) is 6.84. The lowest BCUT2D eigenvalue weighted by molar-refractivity contribution is 0.113. The molecule has 2 rings (SSSR count). The number of nitrogens with zero attached hydrogens (tertiary/aromatic N) is 2. The molecule has 0 radical (unpaired) electrons. The molecule has 0 amide bonds. The van der Waals surface area contributed by atoms with Gasteiger partial charge in [0, 0.05) is 25.7 Å². The van der Waals surface area contributed by atoms with Crippen LogP contribution in [0.15, 0.2) is 0 Å². The highest BCUT2D eigenvalue weighted by atomic mass is 16.5. The van der Waals surface area contributed by atoms with E-state index in [1.165, 1.54) is 12.8 Å². The molecular weight excluding hydrogens is 238 g/mol. The zero-order valence-corrected chi connectivity index (χ0v) is 12.3. The van der Waals surface area contributed by atoms with Crippen LogP contribution in [0.2, 0.25) is 0 Å². The van der Waals surface area contributed by atoms with E-state index in [4.69, 9.17) is 4.74 Å². The Morgan fingerprint density at radius 1 is 1.37 bits per heavy atom. The van der Waals surface area contributed by atoms with Gasteiger partial charge in [-0.1, -0.05) is 6.92 Å². The Bertz CT molecular complexity index is 324. The molecule has 1 N–H and O–H groups in total. The predicted molar refractivity (Wildman–Crippen MR) is 75.9 cm³/mol. The highest BCUT2D eigenvalue weighted by Crippen LogP contribution is 2.38. The zero-order valence-electron chi connectivity index (χ0n) is 12.3. The van der Waals surface area contributed by atoms with Crippen molar-refractivity contribution in [1.82, 2.24) is 10.2 Å². The number of ether oxygens (including phenoxy) is 1. The van der Waals surface area contributed by atoms with Crippen molar-refractivity contribution >= 4 is 0 Å². The van der Waals surface area contributed by atoms with Gasteiger partial charge in [-0.25, -0.2) is 0 Å². The van der Waals surface area contributed by atoms with E-state index in [-0.39, 0.29) is 5.54 Å². The summed E-state index contributed by atoms with van der Waals surface area (Å²) in [5, 5.41) is 13.0. The normalized spacial score (nSPS) is 30.7. The van der Waals surface area contributed by atoms with Crippen LogP contribution >= 0.6 is 0 Å². The van der Waals surface area contributed by atoms with Crippen molar-refractivity contribution < 1.29 is 4.74 Å². The third kappa shape index (κ3) is 3.68. The summed E-state index contributed by atoms with van der Waals surface area (Å²) >= 11 is 0. The van der Waals surface area contributed by atoms with Gasteiger partial charge in [0.25, 0.3) is 0 Å². The first-order valence-electron chi connectivity index (χ1n) is 7.65. The lowest BCUT2D eigenvalue weighted by Gasteiger charge is -2.30. The van der Waals surface area contributed by atoms with Crippen LogP contribution in [0.25, 0.3) is 0 Å². The van der Waals surface area contributed by atoms with Crippen molar-refractivity contribution in [2.75, 3.05) is 26.8 Å². The van der Waals surface area contributed by atoms with E-state index in [1.807, 2.05) is 0 Å². The molecule has 2 fully saturated rings. The second-order valence-electron chi connectivity index (χ2n) is 5.98. The first-order valence-corrected chi connectivity index (χ1v) is 7.65. The minimum absolute atomic E-state index is 0.277. The molecule has 2 aliphatic rings. The standard InChI is InChI=1S/C15H27N3O/c1-3-8-17-15(12-16)7-6-14(11-15)18(9-10-19-2)13-4-5-13/h13-14,17H,3-11H2,1-2H3. The highest BCUT2D eigenvalue weighted by molar-refractivity contribution is 5.14. The third-order valence-corrected chi connectivity index (χ3v) is 4.45. The molecule has 4 nitrogen and oxygen atoms in total. The maximum absolute atomic E-state index is 9.52. The smallest absolute Gasteiger partial charge is 0.108 e. The monoisotopic (exact) mass is 265 g/mol. The van der Waals surface area contributed by atoms with Crippen molar-refractivity contribution in [2.45, 2.75) is 63.1 Å². The number of nitriles is 1. The summed E-state index contributed by atoms with van der Waals surface area (Å²) in [5.74, 6) is 0. The molecule has 2 unspecified atom stereocenters. The third-order valence-electron chi connectivity index (χ3n) is 4.45. The van der Waals surface area contributed by atoms with E-state index in [0.29, 0.717) is 6.04 Å². The van der Waals surface area contributed by atoms with Gasteiger partial charge < -0.3 is 4.74 Å². The summed E-state index contributed by atoms with van der Waals surface area (Å²) < 4.78 is 5.23. The molecule has 0 aromatic carbocycles. The first kappa shape index (κ1) is 14.8. The van der Waals surface area contributed by atoms with Crippen LogP contribution in [0.4, 0.5) is 0 Å². The van der Waals surface area contributed by atoms with Crippen molar-refractivity contribution in [1.29, 1.82) is 5.26 Å². The van der Waals surface area contributed by atoms with E-state index in [0.717, 1.165) is 51.4 Å². The fraction of sp³-hybridized carbons (Fsp3) is 0.933. The fourth-order valence-electron chi connectivity index (χ4n) is 3.23. The molecule has 2 atom stereocenters. The van der Waals surface area contributed by atoms with E-state index in [9.17, 15) is 5.26 Å². The zero-order chi connectivity index (χ0) is 13.7. The molecule has 2 aliphatic carbocycles. The molecular formula is C15H27N3O. The van der Waals surface area contributed by atoms with Crippen LogP contribution in [0, 0.1) is 11.3 Å². The van der Waals surface area contributed by atoms with E-state index in [2.05, 4.69) is 23.2 Å². The summed E-state index contributed by atoms with van der Waals surface area (Å²) in [4.78, 5) is 2.59. The Balaban J connectivity index is 1.92. The van der Waals surface area contributed by atoms with Gasteiger partial charge >= 0.3 is 0 Å². The summed E-state index contributed by atoms with van der Waals surface area (Å²) in [5.41, 5.74) is -0.277. The van der Waals surface area contributed by atoms with Gasteiger partial charge in [0.2, 0.25) is 0 Å². The van der Waals surface area contributed by atoms with Crippen LogP contribution in [0.5, 0.6) is 0 Å². The van der Waals surface area contributed by atoms with Crippen molar-refractivity contribution in [3.63, 3.8) is 0 Å². The van der Waals surface area contributed by atoms with E-state index in [1.54, 1.807) is 7.11 Å². The molecule has 19 heavy (non-hydrogen) atoms. The van der Waals surface area contributed by atoms with Gasteiger partial charge in [-0.2, -0.15) is 5.26 Å². The SMILES string of the molecule is CCCNC1(C#N)CCC(N(CCOC)C2CC2)C1. The number of rotatable bonds is 8. The Morgan fingerprint density at radius 2 is 2.16 bits per heavy atom. The molecule has 0 spiro atoms. The quantitative estimate of drug-likeness (QED) is 0.728. The van der Waals surface area contributed by atoms with Gasteiger partial charge in [0.15, 0.2) is 0 Å². The number of hydrogen-bond acceptors (Lipinski definition) is 4. The van der Waals surface area contributed by atoms with Crippen molar-refractivity contribution in [3.8, 4) is 6.07 Å². The van der Waals surface area contributed by atoms with E-state index >= 15 is 0 Å². The van der Waals surface area contributed by atoms with Crippen LogP contribution in [-0.4, -0.2) is 49.3 Å². The lowest BCUT2D eigenvalue weighted by Crippen LogP contribution is -2.45. The maximum Gasteiger partial charge on any atom is 0.108 e. The van der Waals surface area contributed by atoms with Gasteiger partial charge in [-0.15, -0.1) is 0 Å². The second kappa shape index (κ2) is 6.69. The van der Waals surface area contributed by atoms with Crippen molar-refractivity contribution in [2.24, 2.45) is 0 Å². The molecule has 4 heteroatoms. The molecule has 108 valence electrons.